The van der Waals surface area contributed by atoms with Crippen molar-refractivity contribution in [3.05, 3.63) is 0 Å². The molecule has 0 saturated carbocycles. The molecule has 1 rings (SSSR count). The number of rotatable bonds is 3. The molecule has 0 aromatic carbocycles. The lowest BCUT2D eigenvalue weighted by atomic mass is 9.92. The van der Waals surface area contributed by atoms with E-state index < -0.39 is 36.1 Å². The van der Waals surface area contributed by atoms with E-state index in [9.17, 15) is 14.4 Å². The fourth-order valence-corrected chi connectivity index (χ4v) is 2.19. The van der Waals surface area contributed by atoms with E-state index in [0.717, 1.165) is 0 Å². The Morgan fingerprint density at radius 1 is 1.37 bits per heavy atom. The minimum Gasteiger partial charge on any atom is -0.467 e. The number of ether oxygens (including phenoxy) is 3. The zero-order chi connectivity index (χ0) is 14.6. The molecule has 1 amide bonds. The van der Waals surface area contributed by atoms with E-state index in [0.29, 0.717) is 0 Å². The molecule has 0 N–H and O–H groups in total. The van der Waals surface area contributed by atoms with Crippen LogP contribution in [0.5, 0.6) is 0 Å². The Hall–Kier alpha value is -1.73. The SMILES string of the molecule is B[C@H]1[C@H](OC(C)=O)C[C@@H](C(=O)OC)N1C(=O)OCC. The smallest absolute Gasteiger partial charge is 0.410 e. The Balaban J connectivity index is 2.90. The van der Waals surface area contributed by atoms with Gasteiger partial charge in [-0.3, -0.25) is 9.69 Å². The summed E-state index contributed by atoms with van der Waals surface area (Å²) in [6.45, 7) is 3.16. The molecule has 106 valence electrons. The number of hydrogen-bond acceptors (Lipinski definition) is 6. The van der Waals surface area contributed by atoms with Crippen LogP contribution in [-0.2, 0) is 23.8 Å². The zero-order valence-corrected chi connectivity index (χ0v) is 11.5. The maximum atomic E-state index is 11.9. The molecule has 7 nitrogen and oxygen atoms in total. The van der Waals surface area contributed by atoms with Gasteiger partial charge in [0.15, 0.2) is 0 Å². The summed E-state index contributed by atoms with van der Waals surface area (Å²) in [4.78, 5) is 35.9. The predicted octanol–water partition coefficient (Wildman–Crippen LogP) is -0.719. The van der Waals surface area contributed by atoms with Gasteiger partial charge in [-0.2, -0.15) is 0 Å². The van der Waals surface area contributed by atoms with Crippen molar-refractivity contribution in [2.45, 2.75) is 38.4 Å². The van der Waals surface area contributed by atoms with E-state index in [2.05, 4.69) is 4.74 Å². The molecule has 19 heavy (non-hydrogen) atoms. The van der Waals surface area contributed by atoms with Crippen LogP contribution < -0.4 is 0 Å². The summed E-state index contributed by atoms with van der Waals surface area (Å²) >= 11 is 0. The van der Waals surface area contributed by atoms with E-state index >= 15 is 0 Å². The highest BCUT2D eigenvalue weighted by molar-refractivity contribution is 6.14. The van der Waals surface area contributed by atoms with Crippen LogP contribution in [0.2, 0.25) is 0 Å². The van der Waals surface area contributed by atoms with Gasteiger partial charge in [-0.15, -0.1) is 0 Å². The second kappa shape index (κ2) is 6.44. The van der Waals surface area contributed by atoms with E-state index in [1.54, 1.807) is 14.8 Å². The highest BCUT2D eigenvalue weighted by Crippen LogP contribution is 2.27. The van der Waals surface area contributed by atoms with Crippen LogP contribution in [0.15, 0.2) is 0 Å². The van der Waals surface area contributed by atoms with Crippen LogP contribution in [-0.4, -0.2) is 62.6 Å². The maximum absolute atomic E-state index is 11.9. The quantitative estimate of drug-likeness (QED) is 0.383. The van der Waals surface area contributed by atoms with Crippen LogP contribution in [0.3, 0.4) is 0 Å². The number of hydrogen-bond donors (Lipinski definition) is 0. The van der Waals surface area contributed by atoms with Crippen LogP contribution in [0, 0.1) is 0 Å². The Morgan fingerprint density at radius 2 is 2.00 bits per heavy atom. The predicted molar refractivity (Wildman–Crippen MR) is 67.2 cm³/mol. The van der Waals surface area contributed by atoms with Crippen molar-refractivity contribution in [3.8, 4) is 0 Å². The monoisotopic (exact) mass is 271 g/mol. The third-order valence-corrected chi connectivity index (χ3v) is 3.04. The summed E-state index contributed by atoms with van der Waals surface area (Å²) in [5, 5.41) is 0. The normalized spacial score (nSPS) is 25.8. The number of likely N-dealkylation sites (tertiary alicyclic amines) is 1. The Kier molecular flexibility index (Phi) is 5.20. The number of carbonyl (C=O) groups is 3. The lowest BCUT2D eigenvalue weighted by Crippen LogP contribution is -2.47. The highest BCUT2D eigenvalue weighted by atomic mass is 16.6. The number of esters is 2. The molecule has 3 atom stereocenters. The molecule has 1 fully saturated rings. The molecule has 1 heterocycles. The number of nitrogens with zero attached hydrogens (tertiary/aromatic N) is 1. The van der Waals surface area contributed by atoms with Crippen molar-refractivity contribution in [1.29, 1.82) is 0 Å². The topological polar surface area (TPSA) is 82.1 Å². The minimum atomic E-state index is -0.789. The van der Waals surface area contributed by atoms with E-state index in [4.69, 9.17) is 9.47 Å². The first kappa shape index (κ1) is 15.3. The summed E-state index contributed by atoms with van der Waals surface area (Å²) in [5.41, 5.74) is 0. The molecule has 0 aliphatic carbocycles. The molecule has 0 radical (unpaired) electrons. The van der Waals surface area contributed by atoms with Gasteiger partial charge in [-0.1, -0.05) is 0 Å². The van der Waals surface area contributed by atoms with Crippen LogP contribution in [0.25, 0.3) is 0 Å². The van der Waals surface area contributed by atoms with Crippen molar-refractivity contribution in [2.75, 3.05) is 13.7 Å². The van der Waals surface area contributed by atoms with Crippen molar-refractivity contribution in [3.63, 3.8) is 0 Å². The van der Waals surface area contributed by atoms with Gasteiger partial charge in [0.25, 0.3) is 0 Å². The number of amides is 1. The summed E-state index contributed by atoms with van der Waals surface area (Å²) in [5.74, 6) is -1.44. The molecule has 1 aliphatic heterocycles. The third kappa shape index (κ3) is 3.39. The van der Waals surface area contributed by atoms with Gasteiger partial charge in [0.1, 0.15) is 20.0 Å². The Morgan fingerprint density at radius 3 is 2.47 bits per heavy atom. The van der Waals surface area contributed by atoms with Crippen molar-refractivity contribution < 1.29 is 28.6 Å². The maximum Gasteiger partial charge on any atom is 0.410 e. The van der Waals surface area contributed by atoms with Crippen molar-refractivity contribution >= 4 is 25.9 Å². The first-order chi connectivity index (χ1) is 8.92. The molecule has 1 aliphatic rings. The Bertz CT molecular complexity index is 374. The second-order valence-electron chi connectivity index (χ2n) is 4.27. The van der Waals surface area contributed by atoms with Crippen LogP contribution >= 0.6 is 0 Å². The molecular weight excluding hydrogens is 253 g/mol. The second-order valence-corrected chi connectivity index (χ2v) is 4.27. The molecule has 0 aromatic rings. The lowest BCUT2D eigenvalue weighted by molar-refractivity contribution is -0.148. The van der Waals surface area contributed by atoms with Gasteiger partial charge >= 0.3 is 18.0 Å². The first-order valence-corrected chi connectivity index (χ1v) is 6.12. The molecule has 0 unspecified atom stereocenters. The average Bonchev–Trinajstić information content (AvgIpc) is 2.65. The van der Waals surface area contributed by atoms with E-state index in [1.807, 2.05) is 0 Å². The molecule has 0 bridgehead atoms. The molecule has 0 spiro atoms. The van der Waals surface area contributed by atoms with Crippen molar-refractivity contribution in [2.24, 2.45) is 0 Å². The highest BCUT2D eigenvalue weighted by Gasteiger charge is 2.47. The lowest BCUT2D eigenvalue weighted by Gasteiger charge is -2.26. The molecular formula is C11H18BNO6. The summed E-state index contributed by atoms with van der Waals surface area (Å²) in [6.07, 6.45) is -0.933. The fraction of sp³-hybridized carbons (Fsp3) is 0.727. The first-order valence-electron chi connectivity index (χ1n) is 6.12. The van der Waals surface area contributed by atoms with E-state index in [1.165, 1.54) is 18.9 Å². The minimum absolute atomic E-state index is 0.203. The zero-order valence-electron chi connectivity index (χ0n) is 11.5. The van der Waals surface area contributed by atoms with Crippen molar-refractivity contribution in [1.82, 2.24) is 4.90 Å². The summed E-state index contributed by atoms with van der Waals surface area (Å²) in [7, 11) is 2.95. The standard InChI is InChI=1S/C11H18BNO6/c1-4-18-11(16)13-7(10(15)17-3)5-8(9(13)12)19-6(2)14/h7-9H,4-5,12H2,1-3H3/t7-,8+,9+/m0/s1. The van der Waals surface area contributed by atoms with Gasteiger partial charge < -0.3 is 14.2 Å². The van der Waals surface area contributed by atoms with E-state index in [-0.39, 0.29) is 13.0 Å². The number of carbonyl (C=O) groups excluding carboxylic acids is 3. The fourth-order valence-electron chi connectivity index (χ4n) is 2.19. The van der Waals surface area contributed by atoms with Crippen LogP contribution in [0.1, 0.15) is 20.3 Å². The molecule has 1 saturated heterocycles. The molecule has 8 heteroatoms. The van der Waals surface area contributed by atoms with Gasteiger partial charge in [0.05, 0.1) is 13.7 Å². The van der Waals surface area contributed by atoms with Gasteiger partial charge in [0, 0.05) is 19.3 Å². The van der Waals surface area contributed by atoms with Gasteiger partial charge in [-0.25, -0.2) is 9.59 Å². The van der Waals surface area contributed by atoms with Gasteiger partial charge in [-0.05, 0) is 6.92 Å². The largest absolute Gasteiger partial charge is 0.467 e. The van der Waals surface area contributed by atoms with Gasteiger partial charge in [0.2, 0.25) is 0 Å². The average molecular weight is 271 g/mol. The summed E-state index contributed by atoms with van der Waals surface area (Å²) in [6, 6.07) is -0.789. The Labute approximate surface area is 112 Å². The number of methoxy groups -OCH3 is 1. The molecule has 0 aromatic heterocycles. The van der Waals surface area contributed by atoms with Crippen LogP contribution in [0.4, 0.5) is 4.79 Å². The summed E-state index contributed by atoms with van der Waals surface area (Å²) < 4.78 is 14.7. The third-order valence-electron chi connectivity index (χ3n) is 3.04.